The zero-order valence-electron chi connectivity index (χ0n) is 11.7. The Hall–Kier alpha value is -0.610. The minimum Gasteiger partial charge on any atom is -0.378 e. The van der Waals surface area contributed by atoms with E-state index in [1.54, 1.807) is 0 Å². The third-order valence-electron chi connectivity index (χ3n) is 4.10. The van der Waals surface area contributed by atoms with Crippen molar-refractivity contribution in [2.45, 2.75) is 45.6 Å². The molecular weight excluding hydrogens is 228 g/mol. The van der Waals surface area contributed by atoms with E-state index < -0.39 is 0 Å². The van der Waals surface area contributed by atoms with Crippen LogP contribution in [0.25, 0.3) is 0 Å². The Labute approximate surface area is 110 Å². The summed E-state index contributed by atoms with van der Waals surface area (Å²) in [5.74, 6) is 0.267. The van der Waals surface area contributed by atoms with Crippen molar-refractivity contribution >= 4 is 5.91 Å². The predicted octanol–water partition coefficient (Wildman–Crippen LogP) is 1.40. The highest BCUT2D eigenvalue weighted by Crippen LogP contribution is 2.36. The molecule has 4 nitrogen and oxygen atoms in total. The SMILES string of the molecule is CC1(C)CCC(NCCC(=O)N2CCOCC2)C1. The summed E-state index contributed by atoms with van der Waals surface area (Å²) in [6, 6.07) is 0.609. The Morgan fingerprint density at radius 2 is 2.11 bits per heavy atom. The number of carbonyl (C=O) groups excluding carboxylic acids is 1. The molecule has 1 aliphatic heterocycles. The molecule has 0 aromatic rings. The number of nitrogens with one attached hydrogen (secondary N) is 1. The van der Waals surface area contributed by atoms with Gasteiger partial charge in [-0.2, -0.15) is 0 Å². The second-order valence-electron chi connectivity index (χ2n) is 6.30. The summed E-state index contributed by atoms with van der Waals surface area (Å²) in [5, 5.41) is 3.53. The highest BCUT2D eigenvalue weighted by atomic mass is 16.5. The van der Waals surface area contributed by atoms with Gasteiger partial charge in [0.15, 0.2) is 0 Å². The molecule has 2 rings (SSSR count). The molecule has 1 saturated heterocycles. The first-order valence-corrected chi connectivity index (χ1v) is 7.16. The first-order valence-electron chi connectivity index (χ1n) is 7.16. The van der Waals surface area contributed by atoms with Crippen LogP contribution < -0.4 is 5.32 Å². The van der Waals surface area contributed by atoms with Gasteiger partial charge in [0, 0.05) is 32.1 Å². The molecule has 0 spiro atoms. The Morgan fingerprint density at radius 1 is 1.39 bits per heavy atom. The molecule has 0 bridgehead atoms. The standard InChI is InChI=1S/C14H26N2O2/c1-14(2)5-3-12(11-14)15-6-4-13(17)16-7-9-18-10-8-16/h12,15H,3-11H2,1-2H3. The van der Waals surface area contributed by atoms with Crippen LogP contribution >= 0.6 is 0 Å². The van der Waals surface area contributed by atoms with Gasteiger partial charge < -0.3 is 15.0 Å². The minimum absolute atomic E-state index is 0.267. The zero-order valence-corrected chi connectivity index (χ0v) is 11.7. The van der Waals surface area contributed by atoms with E-state index in [9.17, 15) is 4.79 Å². The molecule has 1 N–H and O–H groups in total. The highest BCUT2D eigenvalue weighted by molar-refractivity contribution is 5.76. The molecule has 1 aliphatic carbocycles. The molecule has 18 heavy (non-hydrogen) atoms. The lowest BCUT2D eigenvalue weighted by Crippen LogP contribution is -2.42. The van der Waals surface area contributed by atoms with E-state index in [0.717, 1.165) is 19.6 Å². The van der Waals surface area contributed by atoms with Crippen LogP contribution in [0.1, 0.15) is 39.5 Å². The molecule has 2 aliphatic rings. The summed E-state index contributed by atoms with van der Waals surface area (Å²) in [6.45, 7) is 8.37. The fourth-order valence-corrected chi connectivity index (χ4v) is 2.96. The van der Waals surface area contributed by atoms with Gasteiger partial charge in [0.05, 0.1) is 13.2 Å². The van der Waals surface area contributed by atoms with Gasteiger partial charge in [-0.15, -0.1) is 0 Å². The summed E-state index contributed by atoms with van der Waals surface area (Å²) in [7, 11) is 0. The summed E-state index contributed by atoms with van der Waals surface area (Å²) >= 11 is 0. The van der Waals surface area contributed by atoms with Crippen molar-refractivity contribution in [2.24, 2.45) is 5.41 Å². The second kappa shape index (κ2) is 6.02. The van der Waals surface area contributed by atoms with Crippen LogP contribution in [0.3, 0.4) is 0 Å². The lowest BCUT2D eigenvalue weighted by molar-refractivity contribution is -0.135. The van der Waals surface area contributed by atoms with Crippen LogP contribution in [0.5, 0.6) is 0 Å². The molecule has 104 valence electrons. The second-order valence-corrected chi connectivity index (χ2v) is 6.30. The van der Waals surface area contributed by atoms with E-state index in [1.807, 2.05) is 4.90 Å². The van der Waals surface area contributed by atoms with Crippen molar-refractivity contribution in [1.29, 1.82) is 0 Å². The number of hydrogen-bond acceptors (Lipinski definition) is 3. The molecular formula is C14H26N2O2. The van der Waals surface area contributed by atoms with Crippen LogP contribution in [0.15, 0.2) is 0 Å². The molecule has 2 fully saturated rings. The highest BCUT2D eigenvalue weighted by Gasteiger charge is 2.30. The molecule has 0 radical (unpaired) electrons. The van der Waals surface area contributed by atoms with E-state index in [2.05, 4.69) is 19.2 Å². The average molecular weight is 254 g/mol. The van der Waals surface area contributed by atoms with Gasteiger partial charge in [-0.3, -0.25) is 4.79 Å². The smallest absolute Gasteiger partial charge is 0.224 e. The van der Waals surface area contributed by atoms with Gasteiger partial charge in [-0.25, -0.2) is 0 Å². The third kappa shape index (κ3) is 3.95. The number of rotatable bonds is 4. The number of ether oxygens (including phenoxy) is 1. The summed E-state index contributed by atoms with van der Waals surface area (Å²) in [6.07, 6.45) is 4.40. The third-order valence-corrected chi connectivity index (χ3v) is 4.10. The Morgan fingerprint density at radius 3 is 2.72 bits per heavy atom. The number of carbonyl (C=O) groups is 1. The van der Waals surface area contributed by atoms with Crippen molar-refractivity contribution in [3.63, 3.8) is 0 Å². The molecule has 1 saturated carbocycles. The molecule has 4 heteroatoms. The van der Waals surface area contributed by atoms with Crippen LogP contribution in [0.2, 0.25) is 0 Å². The number of amides is 1. The fraction of sp³-hybridized carbons (Fsp3) is 0.929. The Balaban J connectivity index is 1.62. The summed E-state index contributed by atoms with van der Waals surface area (Å²) in [5.41, 5.74) is 0.478. The first kappa shape index (κ1) is 13.8. The van der Waals surface area contributed by atoms with Crippen LogP contribution in [-0.2, 0) is 9.53 Å². The van der Waals surface area contributed by atoms with E-state index >= 15 is 0 Å². The van der Waals surface area contributed by atoms with E-state index in [-0.39, 0.29) is 5.91 Å². The Bertz CT molecular complexity index is 286. The van der Waals surface area contributed by atoms with E-state index in [4.69, 9.17) is 4.74 Å². The maximum Gasteiger partial charge on any atom is 0.224 e. The number of morpholine rings is 1. The zero-order chi connectivity index (χ0) is 13.0. The summed E-state index contributed by atoms with van der Waals surface area (Å²) < 4.78 is 5.25. The summed E-state index contributed by atoms with van der Waals surface area (Å²) in [4.78, 5) is 13.9. The first-order chi connectivity index (χ1) is 8.57. The lowest BCUT2D eigenvalue weighted by Gasteiger charge is -2.27. The van der Waals surface area contributed by atoms with E-state index in [0.29, 0.717) is 31.1 Å². The number of hydrogen-bond donors (Lipinski definition) is 1. The van der Waals surface area contributed by atoms with Crippen molar-refractivity contribution in [1.82, 2.24) is 10.2 Å². The molecule has 1 heterocycles. The largest absolute Gasteiger partial charge is 0.378 e. The topological polar surface area (TPSA) is 41.6 Å². The van der Waals surface area contributed by atoms with Gasteiger partial charge >= 0.3 is 0 Å². The van der Waals surface area contributed by atoms with Crippen molar-refractivity contribution in [2.75, 3.05) is 32.8 Å². The Kier molecular flexibility index (Phi) is 4.62. The van der Waals surface area contributed by atoms with Gasteiger partial charge in [0.25, 0.3) is 0 Å². The monoisotopic (exact) mass is 254 g/mol. The molecule has 1 amide bonds. The normalized spacial score (nSPS) is 27.4. The lowest BCUT2D eigenvalue weighted by atomic mass is 9.92. The van der Waals surface area contributed by atoms with Gasteiger partial charge in [0.1, 0.15) is 0 Å². The fourth-order valence-electron chi connectivity index (χ4n) is 2.96. The minimum atomic E-state index is 0.267. The number of nitrogens with zero attached hydrogens (tertiary/aromatic N) is 1. The van der Waals surface area contributed by atoms with Gasteiger partial charge in [0.2, 0.25) is 5.91 Å². The van der Waals surface area contributed by atoms with Crippen molar-refractivity contribution < 1.29 is 9.53 Å². The quantitative estimate of drug-likeness (QED) is 0.824. The predicted molar refractivity (Wildman–Crippen MR) is 71.4 cm³/mol. The van der Waals surface area contributed by atoms with Crippen LogP contribution in [0.4, 0.5) is 0 Å². The van der Waals surface area contributed by atoms with Crippen molar-refractivity contribution in [3.8, 4) is 0 Å². The maximum atomic E-state index is 11.9. The maximum absolute atomic E-state index is 11.9. The molecule has 0 aromatic heterocycles. The molecule has 1 atom stereocenters. The molecule has 0 aromatic carbocycles. The van der Waals surface area contributed by atoms with Gasteiger partial charge in [-0.05, 0) is 24.7 Å². The van der Waals surface area contributed by atoms with Crippen LogP contribution in [0, 0.1) is 5.41 Å². The van der Waals surface area contributed by atoms with Crippen LogP contribution in [-0.4, -0.2) is 49.7 Å². The van der Waals surface area contributed by atoms with E-state index in [1.165, 1.54) is 19.3 Å². The van der Waals surface area contributed by atoms with Gasteiger partial charge in [-0.1, -0.05) is 13.8 Å². The van der Waals surface area contributed by atoms with Crippen molar-refractivity contribution in [3.05, 3.63) is 0 Å². The molecule has 1 unspecified atom stereocenters. The average Bonchev–Trinajstić information content (AvgIpc) is 2.70.